The van der Waals surface area contributed by atoms with Crippen molar-refractivity contribution >= 4 is 22.6 Å². The van der Waals surface area contributed by atoms with E-state index in [1.54, 1.807) is 7.11 Å². The highest BCUT2D eigenvalue weighted by molar-refractivity contribution is 5.86. The molecule has 1 amide bonds. The second-order valence-electron chi connectivity index (χ2n) is 11.2. The molecule has 4 saturated heterocycles. The van der Waals surface area contributed by atoms with Crippen molar-refractivity contribution in [3.05, 3.63) is 29.8 Å². The maximum atomic E-state index is 13.1. The molecule has 2 unspecified atom stereocenters. The third-order valence-electron chi connectivity index (χ3n) is 9.35. The zero-order chi connectivity index (χ0) is 26.1. The van der Waals surface area contributed by atoms with Crippen LogP contribution in [0.25, 0.3) is 10.9 Å². The Bertz CT molecular complexity index is 1100. The quantitative estimate of drug-likeness (QED) is 0.567. The van der Waals surface area contributed by atoms with E-state index in [0.29, 0.717) is 12.5 Å². The lowest BCUT2D eigenvalue weighted by atomic mass is 9.72. The summed E-state index contributed by atoms with van der Waals surface area (Å²) in [6, 6.07) is 8.17. The first-order valence-electron chi connectivity index (χ1n) is 14.4. The molecule has 0 spiro atoms. The van der Waals surface area contributed by atoms with Gasteiger partial charge in [0.05, 0.1) is 24.6 Å². The normalized spacial score (nSPS) is 28.4. The smallest absolute Gasteiger partial charge is 0.227 e. The second-order valence-corrected chi connectivity index (χ2v) is 11.2. The number of anilines is 1. The third-order valence-corrected chi connectivity index (χ3v) is 9.35. The first-order valence-corrected chi connectivity index (χ1v) is 14.4. The van der Waals surface area contributed by atoms with Crippen LogP contribution in [-0.4, -0.2) is 78.2 Å². The Kier molecular flexibility index (Phi) is 7.91. The van der Waals surface area contributed by atoms with Gasteiger partial charge in [0.2, 0.25) is 5.91 Å². The van der Waals surface area contributed by atoms with Gasteiger partial charge < -0.3 is 19.6 Å². The highest BCUT2D eigenvalue weighted by Crippen LogP contribution is 2.43. The Morgan fingerprint density at radius 3 is 2.65 bits per heavy atom. The number of hydrogen-bond acceptors (Lipinski definition) is 6. The summed E-state index contributed by atoms with van der Waals surface area (Å²) in [5.74, 6) is 3.32. The largest absolute Gasteiger partial charge is 0.497 e. The van der Waals surface area contributed by atoms with Gasteiger partial charge in [0.1, 0.15) is 11.6 Å². The number of fused-ring (bicyclic) bond motifs is 4. The molecule has 5 heterocycles. The summed E-state index contributed by atoms with van der Waals surface area (Å²) in [7, 11) is 1.68. The molecule has 7 heteroatoms. The second kappa shape index (κ2) is 11.2. The number of benzene rings is 1. The van der Waals surface area contributed by atoms with Crippen molar-refractivity contribution in [2.45, 2.75) is 65.0 Å². The number of aliphatic hydroxyl groups excluding tert-OH is 1. The van der Waals surface area contributed by atoms with E-state index in [9.17, 15) is 9.90 Å². The van der Waals surface area contributed by atoms with Crippen LogP contribution in [-0.2, 0) is 4.79 Å². The van der Waals surface area contributed by atoms with E-state index in [2.05, 4.69) is 22.8 Å². The number of aliphatic hydroxyl groups is 1. The highest BCUT2D eigenvalue weighted by atomic mass is 16.5. The molecule has 1 aromatic heterocycles. The van der Waals surface area contributed by atoms with E-state index in [-0.39, 0.29) is 17.9 Å². The van der Waals surface area contributed by atoms with Gasteiger partial charge in [-0.1, -0.05) is 13.3 Å². The highest BCUT2D eigenvalue weighted by Gasteiger charge is 2.43. The zero-order valence-corrected chi connectivity index (χ0v) is 23.0. The average molecular weight is 509 g/mol. The van der Waals surface area contributed by atoms with Crippen molar-refractivity contribution in [2.24, 2.45) is 17.8 Å². The topological polar surface area (TPSA) is 69.1 Å². The summed E-state index contributed by atoms with van der Waals surface area (Å²) < 4.78 is 5.54. The Morgan fingerprint density at radius 2 is 1.97 bits per heavy atom. The van der Waals surface area contributed by atoms with Gasteiger partial charge in [-0.3, -0.25) is 9.69 Å². The molecule has 4 aliphatic rings. The van der Waals surface area contributed by atoms with Crippen molar-refractivity contribution in [2.75, 3.05) is 51.3 Å². The Morgan fingerprint density at radius 1 is 1.16 bits per heavy atom. The monoisotopic (exact) mass is 508 g/mol. The molecule has 37 heavy (non-hydrogen) atoms. The Hall–Kier alpha value is -2.38. The van der Waals surface area contributed by atoms with E-state index in [1.165, 1.54) is 12.8 Å². The number of ether oxygens (including phenoxy) is 1. The molecule has 0 aliphatic carbocycles. The van der Waals surface area contributed by atoms with Gasteiger partial charge in [-0.05, 0) is 87.7 Å². The summed E-state index contributed by atoms with van der Waals surface area (Å²) in [6.45, 7) is 11.6. The van der Waals surface area contributed by atoms with Crippen molar-refractivity contribution in [3.8, 4) is 5.75 Å². The van der Waals surface area contributed by atoms with Crippen LogP contribution in [0.4, 0.5) is 5.82 Å². The number of carbonyl (C=O) groups excluding carboxylic acids is 1. The van der Waals surface area contributed by atoms with Gasteiger partial charge in [0.15, 0.2) is 0 Å². The number of carbonyl (C=O) groups is 1. The van der Waals surface area contributed by atoms with E-state index in [1.807, 2.05) is 36.9 Å². The lowest BCUT2D eigenvalue weighted by Gasteiger charge is -2.51. The molecule has 4 fully saturated rings. The Balaban J connectivity index is 1.48. The lowest BCUT2D eigenvalue weighted by molar-refractivity contribution is -0.135. The van der Waals surface area contributed by atoms with E-state index < -0.39 is 6.10 Å². The number of hydrogen-bond donors (Lipinski definition) is 1. The van der Waals surface area contributed by atoms with E-state index in [0.717, 1.165) is 85.9 Å². The molecule has 1 N–H and O–H groups in total. The third kappa shape index (κ3) is 5.05. The van der Waals surface area contributed by atoms with Crippen LogP contribution in [0.3, 0.4) is 0 Å². The summed E-state index contributed by atoms with van der Waals surface area (Å²) in [6.07, 6.45) is 4.80. The maximum absolute atomic E-state index is 13.1. The molecule has 202 valence electrons. The van der Waals surface area contributed by atoms with E-state index in [4.69, 9.17) is 9.72 Å². The van der Waals surface area contributed by atoms with Gasteiger partial charge in [-0.2, -0.15) is 0 Å². The van der Waals surface area contributed by atoms with Crippen molar-refractivity contribution in [3.63, 3.8) is 0 Å². The van der Waals surface area contributed by atoms with Crippen LogP contribution in [0.2, 0.25) is 0 Å². The average Bonchev–Trinajstić information content (AvgIpc) is 2.96. The fraction of sp³-hybridized carbons (Fsp3) is 0.667. The molecule has 6 rings (SSSR count). The molecule has 1 aromatic carbocycles. The molecule has 0 radical (unpaired) electrons. The maximum Gasteiger partial charge on any atom is 0.227 e. The Labute approximate surface area is 221 Å². The van der Waals surface area contributed by atoms with Crippen molar-refractivity contribution < 1.29 is 14.6 Å². The molecular weight excluding hydrogens is 464 g/mol. The van der Waals surface area contributed by atoms with Gasteiger partial charge in [0, 0.05) is 44.2 Å². The van der Waals surface area contributed by atoms with Gasteiger partial charge >= 0.3 is 0 Å². The fourth-order valence-corrected chi connectivity index (χ4v) is 7.11. The SMILES string of the molecule is CC[C@H]1CN2CC[C@@H]1C[C@H]2[C@H](O)c1cc(N2CCCC(C(=O)N(CC)CC)C2)nc2ccc(OC)cc12. The van der Waals surface area contributed by atoms with Crippen LogP contribution >= 0.6 is 0 Å². The lowest BCUT2D eigenvalue weighted by Crippen LogP contribution is -2.55. The standard InChI is InChI=1S/C30H44N4O3/c1-5-20-18-33-14-12-21(20)15-27(33)29(35)25-17-28(31-26-11-10-23(37-4)16-24(25)26)34-13-8-9-22(19-34)30(36)32(6-2)7-3/h10-11,16-17,20-22,27,29,35H,5-9,12-15,18-19H2,1-4H3/t20-,21+,22?,27-,29+/m0/s1. The summed E-state index contributed by atoms with van der Waals surface area (Å²) in [4.78, 5) is 24.9. The number of amides is 1. The summed E-state index contributed by atoms with van der Waals surface area (Å²) in [5, 5.41) is 12.9. The van der Waals surface area contributed by atoms with Gasteiger partial charge in [-0.15, -0.1) is 0 Å². The molecule has 0 saturated carbocycles. The van der Waals surface area contributed by atoms with Crippen molar-refractivity contribution in [1.29, 1.82) is 0 Å². The van der Waals surface area contributed by atoms with Crippen LogP contribution in [0.1, 0.15) is 64.5 Å². The minimum absolute atomic E-state index is 0.0124. The molecule has 4 aliphatic heterocycles. The predicted octanol–water partition coefficient (Wildman–Crippen LogP) is 4.48. The zero-order valence-electron chi connectivity index (χ0n) is 23.0. The predicted molar refractivity (Wildman–Crippen MR) is 148 cm³/mol. The number of nitrogens with zero attached hydrogens (tertiary/aromatic N) is 4. The number of pyridine rings is 1. The number of rotatable bonds is 8. The van der Waals surface area contributed by atoms with Gasteiger partial charge in [0.25, 0.3) is 0 Å². The number of aromatic nitrogens is 1. The molecular formula is C30H44N4O3. The minimum atomic E-state index is -0.588. The number of piperidine rings is 4. The minimum Gasteiger partial charge on any atom is -0.497 e. The van der Waals surface area contributed by atoms with Crippen molar-refractivity contribution in [1.82, 2.24) is 14.8 Å². The van der Waals surface area contributed by atoms with Crippen LogP contribution in [0.15, 0.2) is 24.3 Å². The summed E-state index contributed by atoms with van der Waals surface area (Å²) >= 11 is 0. The molecule has 6 atom stereocenters. The first kappa shape index (κ1) is 26.2. The molecule has 7 nitrogen and oxygen atoms in total. The summed E-state index contributed by atoms with van der Waals surface area (Å²) in [5.41, 5.74) is 1.80. The first-order chi connectivity index (χ1) is 18.0. The van der Waals surface area contributed by atoms with E-state index >= 15 is 0 Å². The van der Waals surface area contributed by atoms with Crippen LogP contribution in [0.5, 0.6) is 5.75 Å². The van der Waals surface area contributed by atoms with Crippen LogP contribution in [0, 0.1) is 17.8 Å². The molecule has 2 bridgehead atoms. The fourth-order valence-electron chi connectivity index (χ4n) is 7.11. The van der Waals surface area contributed by atoms with Gasteiger partial charge in [-0.25, -0.2) is 4.98 Å². The van der Waals surface area contributed by atoms with Crippen LogP contribution < -0.4 is 9.64 Å². The number of methoxy groups -OCH3 is 1. The molecule has 2 aromatic rings.